The molecule has 1 aromatic carbocycles. The Bertz CT molecular complexity index is 470. The van der Waals surface area contributed by atoms with Crippen molar-refractivity contribution in [2.45, 2.75) is 6.08 Å². The fourth-order valence-corrected chi connectivity index (χ4v) is 1.28. The summed E-state index contributed by atoms with van der Waals surface area (Å²) in [6.07, 6.45) is 1.12. The molecule has 3 heteroatoms. The van der Waals surface area contributed by atoms with Crippen LogP contribution in [0.25, 0.3) is 0 Å². The lowest BCUT2D eigenvalue weighted by molar-refractivity contribution is 0.220. The zero-order chi connectivity index (χ0) is 11.6. The minimum atomic E-state index is -1.88. The van der Waals surface area contributed by atoms with Gasteiger partial charge in [-0.3, -0.25) is 4.98 Å². The normalized spacial score (nSPS) is 15.5. The molecule has 1 aromatic heterocycles. The molecule has 0 spiro atoms. The Kier molecular flexibility index (Phi) is 2.39. The summed E-state index contributed by atoms with van der Waals surface area (Å²) < 4.78 is 20.6. The lowest BCUT2D eigenvalue weighted by atomic mass is 10.0. The summed E-state index contributed by atoms with van der Waals surface area (Å²) >= 11 is 0. The van der Waals surface area contributed by atoms with Crippen molar-refractivity contribution in [2.75, 3.05) is 0 Å². The van der Waals surface area contributed by atoms with Crippen LogP contribution < -0.4 is 0 Å². The number of hydrogen-bond donors (Lipinski definition) is 1. The van der Waals surface area contributed by atoms with Crippen molar-refractivity contribution >= 4 is 0 Å². The first-order chi connectivity index (χ1) is 7.60. The molecule has 0 radical (unpaired) electrons. The molecule has 0 fully saturated rings. The number of aromatic nitrogens is 1. The Morgan fingerprint density at radius 2 is 1.60 bits per heavy atom. The van der Waals surface area contributed by atoms with Crippen LogP contribution in [-0.2, 0) is 0 Å². The molecule has 0 saturated heterocycles. The molecule has 15 heavy (non-hydrogen) atoms. The minimum Gasteiger partial charge on any atom is -0.384 e. The summed E-state index contributed by atoms with van der Waals surface area (Å²) in [6.45, 7) is 0. The van der Waals surface area contributed by atoms with E-state index in [1.54, 1.807) is 12.1 Å². The molecular weight excluding hydrogens is 193 g/mol. The molecule has 0 aliphatic rings. The molecular formula is C12H10FNO. The number of aliphatic hydroxyl groups is 1. The number of nitrogens with zero attached hydrogens (tertiary/aromatic N) is 1. The van der Waals surface area contributed by atoms with Crippen molar-refractivity contribution in [1.82, 2.24) is 4.98 Å². The summed E-state index contributed by atoms with van der Waals surface area (Å²) in [5, 5.41) is 10.1. The van der Waals surface area contributed by atoms with E-state index in [1.807, 2.05) is 0 Å². The van der Waals surface area contributed by atoms with E-state index < -0.39 is 11.9 Å². The fraction of sp³-hybridized carbons (Fsp3) is 0.0833. The van der Waals surface area contributed by atoms with Gasteiger partial charge in [-0.2, -0.15) is 0 Å². The summed E-state index contributed by atoms with van der Waals surface area (Å²) in [7, 11) is 0. The first-order valence-corrected chi connectivity index (χ1v) is 4.49. The van der Waals surface area contributed by atoms with Gasteiger partial charge in [0.2, 0.25) is 0 Å². The first kappa shape index (κ1) is 8.56. The van der Waals surface area contributed by atoms with Gasteiger partial charge in [0.25, 0.3) is 0 Å². The second kappa shape index (κ2) is 4.19. The molecule has 76 valence electrons. The van der Waals surface area contributed by atoms with E-state index in [0.717, 1.165) is 0 Å². The lowest BCUT2D eigenvalue weighted by Gasteiger charge is -2.10. The largest absolute Gasteiger partial charge is 0.384 e. The fourth-order valence-electron chi connectivity index (χ4n) is 1.28. The maximum Gasteiger partial charge on any atom is 0.123 e. The number of halogens is 1. The highest BCUT2D eigenvalue weighted by Crippen LogP contribution is 2.20. The molecule has 0 aliphatic heterocycles. The molecule has 0 saturated carbocycles. The molecule has 0 aliphatic carbocycles. The van der Waals surface area contributed by atoms with Gasteiger partial charge in [0.05, 0.1) is 1.37 Å². The summed E-state index contributed by atoms with van der Waals surface area (Å²) in [4.78, 5) is 3.81. The number of hydrogen-bond acceptors (Lipinski definition) is 2. The molecule has 0 amide bonds. The average molecular weight is 204 g/mol. The van der Waals surface area contributed by atoms with Crippen LogP contribution in [0.2, 0.25) is 0 Å². The Balaban J connectivity index is 2.43. The molecule has 2 rings (SSSR count). The van der Waals surface area contributed by atoms with E-state index in [2.05, 4.69) is 4.98 Å². The van der Waals surface area contributed by atoms with Gasteiger partial charge in [-0.1, -0.05) is 12.1 Å². The van der Waals surface area contributed by atoms with Gasteiger partial charge in [-0.25, -0.2) is 4.39 Å². The van der Waals surface area contributed by atoms with Crippen LogP contribution in [0.4, 0.5) is 4.39 Å². The maximum absolute atomic E-state index is 12.7. The Hall–Kier alpha value is -1.74. The third-order valence-corrected chi connectivity index (χ3v) is 2.07. The maximum atomic E-state index is 12.7. The second-order valence-corrected chi connectivity index (χ2v) is 3.09. The van der Waals surface area contributed by atoms with Crippen molar-refractivity contribution in [1.29, 1.82) is 0 Å². The number of rotatable bonds is 2. The number of benzene rings is 1. The summed E-state index contributed by atoms with van der Waals surface area (Å²) in [5.74, 6) is -0.394. The van der Waals surface area contributed by atoms with E-state index >= 15 is 0 Å². The third-order valence-electron chi connectivity index (χ3n) is 2.07. The smallest absolute Gasteiger partial charge is 0.123 e. The molecule has 1 unspecified atom stereocenters. The Morgan fingerprint density at radius 3 is 2.20 bits per heavy atom. The summed E-state index contributed by atoms with van der Waals surface area (Å²) in [5.41, 5.74) is 0.717. The van der Waals surface area contributed by atoms with E-state index in [0.29, 0.717) is 11.1 Å². The standard InChI is InChI=1S/C12H10FNO/c13-11-3-1-9(2-4-11)12(15)10-5-7-14-8-6-10/h1-8,12,15H/i12D. The zero-order valence-electron chi connectivity index (χ0n) is 8.89. The Labute approximate surface area is 88.4 Å². The van der Waals surface area contributed by atoms with E-state index in [1.165, 1.54) is 36.7 Å². The van der Waals surface area contributed by atoms with Crippen LogP contribution in [0.5, 0.6) is 0 Å². The van der Waals surface area contributed by atoms with E-state index in [9.17, 15) is 9.50 Å². The van der Waals surface area contributed by atoms with Gasteiger partial charge in [0, 0.05) is 12.4 Å². The molecule has 1 heterocycles. The predicted octanol–water partition coefficient (Wildman–Crippen LogP) is 2.30. The predicted molar refractivity (Wildman–Crippen MR) is 54.7 cm³/mol. The average Bonchev–Trinajstić information content (AvgIpc) is 2.31. The molecule has 2 nitrogen and oxygen atoms in total. The topological polar surface area (TPSA) is 33.1 Å². The van der Waals surface area contributed by atoms with E-state index in [-0.39, 0.29) is 0 Å². The van der Waals surface area contributed by atoms with Crippen molar-refractivity contribution in [3.05, 3.63) is 65.7 Å². The van der Waals surface area contributed by atoms with Gasteiger partial charge in [-0.15, -0.1) is 0 Å². The first-order valence-electron chi connectivity index (χ1n) is 4.99. The molecule has 2 aromatic rings. The molecule has 1 N–H and O–H groups in total. The van der Waals surface area contributed by atoms with Crippen molar-refractivity contribution in [3.63, 3.8) is 0 Å². The van der Waals surface area contributed by atoms with Crippen molar-refractivity contribution < 1.29 is 10.9 Å². The highest BCUT2D eigenvalue weighted by Gasteiger charge is 2.09. The summed E-state index contributed by atoms with van der Waals surface area (Å²) in [6, 6.07) is 8.32. The van der Waals surface area contributed by atoms with Crippen LogP contribution in [0.1, 0.15) is 18.6 Å². The molecule has 1 atom stereocenters. The second-order valence-electron chi connectivity index (χ2n) is 3.09. The zero-order valence-corrected chi connectivity index (χ0v) is 7.89. The highest BCUT2D eigenvalue weighted by atomic mass is 19.1. The van der Waals surface area contributed by atoms with Crippen molar-refractivity contribution in [2.24, 2.45) is 0 Å². The third kappa shape index (κ3) is 2.19. The number of pyridine rings is 1. The van der Waals surface area contributed by atoms with E-state index in [4.69, 9.17) is 1.37 Å². The van der Waals surface area contributed by atoms with Gasteiger partial charge >= 0.3 is 0 Å². The van der Waals surface area contributed by atoms with Crippen molar-refractivity contribution in [3.8, 4) is 0 Å². The van der Waals surface area contributed by atoms with Gasteiger partial charge in [0.15, 0.2) is 0 Å². The van der Waals surface area contributed by atoms with Gasteiger partial charge < -0.3 is 5.11 Å². The lowest BCUT2D eigenvalue weighted by Crippen LogP contribution is -1.99. The SMILES string of the molecule is [2H]C(O)(c1ccncc1)c1ccc(F)cc1. The van der Waals surface area contributed by atoms with Gasteiger partial charge in [-0.05, 0) is 35.4 Å². The van der Waals surface area contributed by atoms with Crippen LogP contribution in [0, 0.1) is 5.82 Å². The monoisotopic (exact) mass is 204 g/mol. The van der Waals surface area contributed by atoms with Crippen LogP contribution >= 0.6 is 0 Å². The molecule has 0 bridgehead atoms. The van der Waals surface area contributed by atoms with Crippen LogP contribution in [0.15, 0.2) is 48.8 Å². The highest BCUT2D eigenvalue weighted by molar-refractivity contribution is 5.28. The minimum absolute atomic E-state index is 0.320. The van der Waals surface area contributed by atoms with Crippen LogP contribution in [-0.4, -0.2) is 10.1 Å². The quantitative estimate of drug-likeness (QED) is 0.814. The Morgan fingerprint density at radius 1 is 1.07 bits per heavy atom. The van der Waals surface area contributed by atoms with Crippen LogP contribution in [0.3, 0.4) is 0 Å². The van der Waals surface area contributed by atoms with Gasteiger partial charge in [0.1, 0.15) is 11.9 Å².